The first-order valence-corrected chi connectivity index (χ1v) is 8.47. The number of nitrogens with one attached hydrogen (secondary N) is 1. The fourth-order valence-electron chi connectivity index (χ4n) is 3.31. The zero-order valence-electron chi connectivity index (χ0n) is 13.1. The van der Waals surface area contributed by atoms with Gasteiger partial charge in [0.15, 0.2) is 0 Å². The van der Waals surface area contributed by atoms with Gasteiger partial charge in [0.05, 0.1) is 10.4 Å². The zero-order valence-corrected chi connectivity index (χ0v) is 13.9. The van der Waals surface area contributed by atoms with E-state index in [0.29, 0.717) is 37.6 Å². The van der Waals surface area contributed by atoms with Crippen LogP contribution in [-0.4, -0.2) is 49.8 Å². The number of hydrogen-bond acceptors (Lipinski definition) is 5. The number of carbonyl (C=O) groups is 1. The third-order valence-corrected chi connectivity index (χ3v) is 5.18. The van der Waals surface area contributed by atoms with Crippen molar-refractivity contribution in [2.75, 3.05) is 37.7 Å². The Kier molecular flexibility index (Phi) is 5.04. The molecule has 0 saturated carbocycles. The van der Waals surface area contributed by atoms with Gasteiger partial charge in [-0.3, -0.25) is 4.79 Å². The van der Waals surface area contributed by atoms with E-state index in [1.54, 1.807) is 6.20 Å². The molecule has 23 heavy (non-hydrogen) atoms. The summed E-state index contributed by atoms with van der Waals surface area (Å²) in [4.78, 5) is 19.2. The highest BCUT2D eigenvalue weighted by Crippen LogP contribution is 2.31. The van der Waals surface area contributed by atoms with Crippen molar-refractivity contribution in [1.82, 2.24) is 10.3 Å². The van der Waals surface area contributed by atoms with Gasteiger partial charge in [-0.1, -0.05) is 11.6 Å². The molecular weight excluding hydrogens is 316 g/mol. The van der Waals surface area contributed by atoms with Crippen molar-refractivity contribution >= 4 is 23.3 Å². The monoisotopic (exact) mass is 338 g/mol. The van der Waals surface area contributed by atoms with Crippen LogP contribution >= 0.6 is 11.6 Å². The fraction of sp³-hybridized carbons (Fsp3) is 0.625. The van der Waals surface area contributed by atoms with Gasteiger partial charge in [0.1, 0.15) is 5.82 Å². The van der Waals surface area contributed by atoms with Crippen molar-refractivity contribution in [2.45, 2.75) is 25.3 Å². The molecule has 0 bridgehead atoms. The molecule has 2 saturated heterocycles. The van der Waals surface area contributed by atoms with E-state index >= 15 is 0 Å². The Morgan fingerprint density at radius 1 is 1.52 bits per heavy atom. The van der Waals surface area contributed by atoms with Crippen LogP contribution in [0.4, 0.5) is 5.82 Å². The van der Waals surface area contributed by atoms with Crippen LogP contribution in [0.5, 0.6) is 0 Å². The van der Waals surface area contributed by atoms with Crippen LogP contribution in [0.3, 0.4) is 0 Å². The lowest BCUT2D eigenvalue weighted by Gasteiger charge is -2.35. The number of hydrogen-bond donors (Lipinski definition) is 2. The number of halogens is 1. The third-order valence-electron chi connectivity index (χ3n) is 4.88. The van der Waals surface area contributed by atoms with Crippen molar-refractivity contribution in [3.05, 3.63) is 23.4 Å². The van der Waals surface area contributed by atoms with E-state index in [1.807, 2.05) is 12.1 Å². The molecule has 0 aromatic carbocycles. The van der Waals surface area contributed by atoms with E-state index in [2.05, 4.69) is 15.2 Å². The average molecular weight is 339 g/mol. The van der Waals surface area contributed by atoms with Gasteiger partial charge in [0.25, 0.3) is 0 Å². The van der Waals surface area contributed by atoms with Gasteiger partial charge in [-0.15, -0.1) is 0 Å². The Morgan fingerprint density at radius 3 is 3.00 bits per heavy atom. The van der Waals surface area contributed by atoms with E-state index in [-0.39, 0.29) is 11.9 Å². The first-order chi connectivity index (χ1) is 11.1. The molecule has 3 rings (SSSR count). The van der Waals surface area contributed by atoms with Gasteiger partial charge in [-0.25, -0.2) is 4.98 Å². The number of ether oxygens (including phenoxy) is 1. The third kappa shape index (κ3) is 3.44. The van der Waals surface area contributed by atoms with Crippen molar-refractivity contribution in [3.8, 4) is 0 Å². The molecule has 1 atom stereocenters. The molecule has 1 aromatic heterocycles. The van der Waals surface area contributed by atoms with Gasteiger partial charge in [-0.2, -0.15) is 0 Å². The molecule has 3 N–H and O–H groups in total. The van der Waals surface area contributed by atoms with Crippen LogP contribution in [0, 0.1) is 5.41 Å². The van der Waals surface area contributed by atoms with Crippen LogP contribution in [-0.2, 0) is 9.53 Å². The molecule has 2 aliphatic rings. The molecule has 0 spiro atoms. The maximum Gasteiger partial charge on any atom is 0.227 e. The summed E-state index contributed by atoms with van der Waals surface area (Å²) in [7, 11) is 0. The summed E-state index contributed by atoms with van der Waals surface area (Å²) in [5, 5.41) is 3.81. The summed E-state index contributed by atoms with van der Waals surface area (Å²) in [5.41, 5.74) is 5.42. The lowest BCUT2D eigenvalue weighted by Crippen LogP contribution is -2.52. The second-order valence-electron chi connectivity index (χ2n) is 6.31. The molecule has 1 amide bonds. The summed E-state index contributed by atoms with van der Waals surface area (Å²) in [6, 6.07) is 3.75. The van der Waals surface area contributed by atoms with Crippen molar-refractivity contribution in [2.24, 2.45) is 11.1 Å². The number of anilines is 1. The molecule has 6 nitrogen and oxygen atoms in total. The topological polar surface area (TPSA) is 80.5 Å². The number of pyridine rings is 1. The fourth-order valence-corrected chi connectivity index (χ4v) is 3.55. The van der Waals surface area contributed by atoms with E-state index in [1.165, 1.54) is 0 Å². The van der Waals surface area contributed by atoms with Gasteiger partial charge < -0.3 is 20.7 Å². The second-order valence-corrected chi connectivity index (χ2v) is 6.72. The summed E-state index contributed by atoms with van der Waals surface area (Å²) < 4.78 is 5.37. The van der Waals surface area contributed by atoms with Crippen LogP contribution < -0.4 is 16.0 Å². The van der Waals surface area contributed by atoms with Crippen LogP contribution in [0.1, 0.15) is 19.3 Å². The lowest BCUT2D eigenvalue weighted by molar-refractivity contribution is -0.136. The first kappa shape index (κ1) is 16.5. The SMILES string of the molecule is NCC1(C(=O)NC2CCN(c3ncccc3Cl)C2)CCOCC1. The molecular formula is C16H23ClN4O2. The van der Waals surface area contributed by atoms with Crippen molar-refractivity contribution in [1.29, 1.82) is 0 Å². The van der Waals surface area contributed by atoms with Crippen LogP contribution in [0.25, 0.3) is 0 Å². The summed E-state index contributed by atoms with van der Waals surface area (Å²) in [6.45, 7) is 3.13. The van der Waals surface area contributed by atoms with Crippen molar-refractivity contribution < 1.29 is 9.53 Å². The molecule has 7 heteroatoms. The maximum absolute atomic E-state index is 12.7. The molecule has 2 aliphatic heterocycles. The minimum absolute atomic E-state index is 0.0577. The number of aromatic nitrogens is 1. The molecule has 126 valence electrons. The summed E-state index contributed by atoms with van der Waals surface area (Å²) >= 11 is 6.20. The van der Waals surface area contributed by atoms with Crippen LogP contribution in [0.2, 0.25) is 5.02 Å². The minimum Gasteiger partial charge on any atom is -0.381 e. The number of rotatable bonds is 4. The number of carbonyl (C=O) groups excluding carboxylic acids is 1. The first-order valence-electron chi connectivity index (χ1n) is 8.09. The number of nitrogens with two attached hydrogens (primary N) is 1. The van der Waals surface area contributed by atoms with E-state index in [0.717, 1.165) is 25.3 Å². The number of amides is 1. The normalized spacial score (nSPS) is 23.7. The quantitative estimate of drug-likeness (QED) is 0.862. The zero-order chi connectivity index (χ0) is 16.3. The average Bonchev–Trinajstić information content (AvgIpc) is 3.04. The predicted octanol–water partition coefficient (Wildman–Crippen LogP) is 1.19. The minimum atomic E-state index is -0.478. The highest BCUT2D eigenvalue weighted by Gasteiger charge is 2.40. The molecule has 1 unspecified atom stereocenters. The van der Waals surface area contributed by atoms with Gasteiger partial charge in [0.2, 0.25) is 5.91 Å². The van der Waals surface area contributed by atoms with Crippen molar-refractivity contribution in [3.63, 3.8) is 0 Å². The summed E-state index contributed by atoms with van der Waals surface area (Å²) in [6.07, 6.45) is 4.00. The largest absolute Gasteiger partial charge is 0.381 e. The van der Waals surface area contributed by atoms with E-state index < -0.39 is 5.41 Å². The highest BCUT2D eigenvalue weighted by molar-refractivity contribution is 6.32. The summed E-state index contributed by atoms with van der Waals surface area (Å²) in [5.74, 6) is 0.841. The molecule has 0 aliphatic carbocycles. The number of nitrogens with zero attached hydrogens (tertiary/aromatic N) is 2. The van der Waals surface area contributed by atoms with E-state index in [9.17, 15) is 4.79 Å². The smallest absolute Gasteiger partial charge is 0.227 e. The maximum atomic E-state index is 12.7. The highest BCUT2D eigenvalue weighted by atomic mass is 35.5. The predicted molar refractivity (Wildman–Crippen MR) is 89.5 cm³/mol. The molecule has 2 fully saturated rings. The standard InChI is InChI=1S/C16H23ClN4O2/c17-13-2-1-6-19-14(13)21-7-3-12(10-21)20-15(22)16(11-18)4-8-23-9-5-16/h1-2,6,12H,3-5,7-11,18H2,(H,20,22). The van der Waals surface area contributed by atoms with Gasteiger partial charge in [-0.05, 0) is 31.4 Å². The lowest BCUT2D eigenvalue weighted by atomic mass is 9.79. The Bertz CT molecular complexity index is 563. The molecule has 3 heterocycles. The molecule has 0 radical (unpaired) electrons. The Morgan fingerprint density at radius 2 is 2.30 bits per heavy atom. The van der Waals surface area contributed by atoms with Crippen LogP contribution in [0.15, 0.2) is 18.3 Å². The van der Waals surface area contributed by atoms with E-state index in [4.69, 9.17) is 22.1 Å². The molecule has 1 aromatic rings. The van der Waals surface area contributed by atoms with Gasteiger partial charge >= 0.3 is 0 Å². The van der Waals surface area contributed by atoms with Gasteiger partial charge in [0, 0.05) is 45.1 Å². The Hall–Kier alpha value is -1.37. The second kappa shape index (κ2) is 7.03. The Labute approximate surface area is 141 Å². The Balaban J connectivity index is 1.61.